The van der Waals surface area contributed by atoms with Gasteiger partial charge in [0.2, 0.25) is 5.95 Å². The molecule has 162 valence electrons. The van der Waals surface area contributed by atoms with Crippen LogP contribution in [0.15, 0.2) is 59.8 Å². The number of imidazole rings is 1. The van der Waals surface area contributed by atoms with E-state index in [4.69, 9.17) is 21.3 Å². The zero-order chi connectivity index (χ0) is 21.8. The fraction of sp³-hybridized carbons (Fsp3) is 0.360. The van der Waals surface area contributed by atoms with Crippen LogP contribution in [0.4, 0.5) is 5.95 Å². The Kier molecular flexibility index (Phi) is 6.62. The van der Waals surface area contributed by atoms with Crippen LogP contribution in [0.3, 0.4) is 0 Å². The minimum Gasteiger partial charge on any atom is -0.462 e. The van der Waals surface area contributed by atoms with Crippen molar-refractivity contribution in [1.82, 2.24) is 9.55 Å². The van der Waals surface area contributed by atoms with Gasteiger partial charge in [0.05, 0.1) is 29.3 Å². The molecule has 31 heavy (non-hydrogen) atoms. The maximum atomic E-state index is 13.3. The van der Waals surface area contributed by atoms with Gasteiger partial charge >= 0.3 is 5.97 Å². The minimum absolute atomic E-state index is 0.311. The molecular weight excluding hydrogens is 410 g/mol. The largest absolute Gasteiger partial charge is 0.462 e. The number of para-hydroxylation sites is 2. The van der Waals surface area contributed by atoms with Crippen molar-refractivity contribution in [2.45, 2.75) is 52.0 Å². The molecule has 0 fully saturated rings. The van der Waals surface area contributed by atoms with Crippen LogP contribution in [0.25, 0.3) is 11.0 Å². The number of carbonyl (C=O) groups excluding carboxylic acids is 1. The number of hydrogen-bond donors (Lipinski definition) is 1. The molecule has 1 unspecified atom stereocenters. The van der Waals surface area contributed by atoms with Crippen LogP contribution in [0.2, 0.25) is 5.02 Å². The summed E-state index contributed by atoms with van der Waals surface area (Å²) >= 11 is 6.61. The molecule has 2 heterocycles. The Bertz CT molecular complexity index is 1120. The average molecular weight is 438 g/mol. The molecule has 0 aliphatic carbocycles. The number of unbranched alkanes of at least 4 members (excludes halogenated alkanes) is 4. The number of rotatable bonds is 8. The first kappa shape index (κ1) is 21.4. The molecule has 1 N–H and O–H groups in total. The van der Waals surface area contributed by atoms with Crippen LogP contribution in [-0.4, -0.2) is 22.1 Å². The maximum absolute atomic E-state index is 13.3. The van der Waals surface area contributed by atoms with E-state index in [2.05, 4.69) is 12.2 Å². The molecule has 5 nitrogen and oxygen atoms in total. The fourth-order valence-electron chi connectivity index (χ4n) is 4.17. The van der Waals surface area contributed by atoms with Crippen molar-refractivity contribution in [3.05, 3.63) is 70.4 Å². The molecule has 2 aromatic carbocycles. The Morgan fingerprint density at radius 1 is 1.10 bits per heavy atom. The standard InChI is InChI=1S/C25H28ClN3O2/c1-3-4-5-6-11-16-31-24(30)22-17(2)27-25-28-20-14-9-10-15-21(20)29(25)23(22)18-12-7-8-13-19(18)26/h7-10,12-15,23H,3-6,11,16H2,1-2H3,(H,27,28). The fourth-order valence-corrected chi connectivity index (χ4v) is 4.41. The quantitative estimate of drug-likeness (QED) is 0.323. The first-order chi connectivity index (χ1) is 15.1. The summed E-state index contributed by atoms with van der Waals surface area (Å²) in [6, 6.07) is 15.1. The highest BCUT2D eigenvalue weighted by molar-refractivity contribution is 6.31. The number of benzene rings is 2. The van der Waals surface area contributed by atoms with E-state index in [1.165, 1.54) is 19.3 Å². The van der Waals surface area contributed by atoms with Crippen LogP contribution in [0.1, 0.15) is 57.6 Å². The lowest BCUT2D eigenvalue weighted by Crippen LogP contribution is -2.29. The van der Waals surface area contributed by atoms with Crippen molar-refractivity contribution in [3.8, 4) is 0 Å². The highest BCUT2D eigenvalue weighted by Crippen LogP contribution is 2.41. The second kappa shape index (κ2) is 9.56. The highest BCUT2D eigenvalue weighted by atomic mass is 35.5. The molecule has 0 amide bonds. The van der Waals surface area contributed by atoms with Crippen LogP contribution in [0.5, 0.6) is 0 Å². The number of anilines is 1. The van der Waals surface area contributed by atoms with Crippen molar-refractivity contribution < 1.29 is 9.53 Å². The molecule has 0 saturated carbocycles. The van der Waals surface area contributed by atoms with Crippen molar-refractivity contribution in [2.75, 3.05) is 11.9 Å². The van der Waals surface area contributed by atoms with Gasteiger partial charge in [-0.1, -0.05) is 74.5 Å². The zero-order valence-corrected chi connectivity index (χ0v) is 18.8. The van der Waals surface area contributed by atoms with Gasteiger partial charge in [0.15, 0.2) is 0 Å². The van der Waals surface area contributed by atoms with Gasteiger partial charge in [0.25, 0.3) is 0 Å². The van der Waals surface area contributed by atoms with Crippen molar-refractivity contribution in [1.29, 1.82) is 0 Å². The van der Waals surface area contributed by atoms with Gasteiger partial charge in [0, 0.05) is 10.7 Å². The van der Waals surface area contributed by atoms with Crippen LogP contribution < -0.4 is 5.32 Å². The van der Waals surface area contributed by atoms with E-state index in [-0.39, 0.29) is 5.97 Å². The minimum atomic E-state index is -0.412. The van der Waals surface area contributed by atoms with E-state index < -0.39 is 6.04 Å². The van der Waals surface area contributed by atoms with Crippen LogP contribution in [0, 0.1) is 0 Å². The van der Waals surface area contributed by atoms with Crippen molar-refractivity contribution in [2.24, 2.45) is 0 Å². The second-order valence-corrected chi connectivity index (χ2v) is 8.34. The van der Waals surface area contributed by atoms with Gasteiger partial charge in [-0.25, -0.2) is 9.78 Å². The Labute approximate surface area is 188 Å². The average Bonchev–Trinajstić information content (AvgIpc) is 3.13. The molecule has 1 aromatic heterocycles. The van der Waals surface area contributed by atoms with E-state index in [9.17, 15) is 4.79 Å². The summed E-state index contributed by atoms with van der Waals surface area (Å²) in [7, 11) is 0. The van der Waals surface area contributed by atoms with E-state index in [0.717, 1.165) is 35.1 Å². The third-order valence-electron chi connectivity index (χ3n) is 5.73. The smallest absolute Gasteiger partial charge is 0.338 e. The molecule has 1 aliphatic heterocycles. The summed E-state index contributed by atoms with van der Waals surface area (Å²) in [5, 5.41) is 3.91. The Morgan fingerprint density at radius 3 is 2.65 bits per heavy atom. The number of ether oxygens (including phenoxy) is 1. The number of esters is 1. The van der Waals surface area contributed by atoms with E-state index in [1.807, 2.05) is 60.0 Å². The SMILES string of the molecule is CCCCCCCOC(=O)C1=C(C)Nc2nc3ccccc3n2C1c1ccccc1Cl. The number of halogens is 1. The van der Waals surface area contributed by atoms with Crippen molar-refractivity contribution >= 4 is 34.6 Å². The lowest BCUT2D eigenvalue weighted by atomic mass is 9.95. The predicted octanol–water partition coefficient (Wildman–Crippen LogP) is 6.49. The molecule has 1 atom stereocenters. The molecule has 0 spiro atoms. The topological polar surface area (TPSA) is 56.1 Å². The first-order valence-corrected chi connectivity index (χ1v) is 11.4. The summed E-state index contributed by atoms with van der Waals surface area (Å²) in [5.74, 6) is 0.383. The second-order valence-electron chi connectivity index (χ2n) is 7.93. The van der Waals surface area contributed by atoms with Crippen LogP contribution in [-0.2, 0) is 9.53 Å². The normalized spacial score (nSPS) is 15.6. The molecule has 0 saturated heterocycles. The lowest BCUT2D eigenvalue weighted by Gasteiger charge is -2.30. The van der Waals surface area contributed by atoms with E-state index in [1.54, 1.807) is 0 Å². The number of hydrogen-bond acceptors (Lipinski definition) is 4. The number of nitrogens with zero attached hydrogens (tertiary/aromatic N) is 2. The molecule has 4 rings (SSSR count). The van der Waals surface area contributed by atoms with Gasteiger partial charge in [-0.15, -0.1) is 0 Å². The third kappa shape index (κ3) is 4.33. The van der Waals surface area contributed by atoms with Gasteiger partial charge in [-0.3, -0.25) is 4.57 Å². The third-order valence-corrected chi connectivity index (χ3v) is 6.08. The number of fused-ring (bicyclic) bond motifs is 3. The zero-order valence-electron chi connectivity index (χ0n) is 18.0. The van der Waals surface area contributed by atoms with Gasteiger partial charge < -0.3 is 10.1 Å². The van der Waals surface area contributed by atoms with Gasteiger partial charge in [-0.05, 0) is 37.1 Å². The van der Waals surface area contributed by atoms with Gasteiger partial charge in [-0.2, -0.15) is 0 Å². The summed E-state index contributed by atoms with van der Waals surface area (Å²) in [6.45, 7) is 4.50. The Hall–Kier alpha value is -2.79. The molecule has 0 bridgehead atoms. The molecule has 1 aliphatic rings. The molecule has 3 aromatic rings. The summed E-state index contributed by atoms with van der Waals surface area (Å²) in [6.07, 6.45) is 5.53. The highest BCUT2D eigenvalue weighted by Gasteiger charge is 2.35. The number of allylic oxidation sites excluding steroid dienone is 1. The predicted molar refractivity (Wildman–Crippen MR) is 125 cm³/mol. The van der Waals surface area contributed by atoms with E-state index in [0.29, 0.717) is 23.2 Å². The van der Waals surface area contributed by atoms with Gasteiger partial charge in [0.1, 0.15) is 0 Å². The summed E-state index contributed by atoms with van der Waals surface area (Å²) in [5.41, 5.74) is 3.96. The molecular formula is C25H28ClN3O2. The Balaban J connectivity index is 1.70. The Morgan fingerprint density at radius 2 is 1.84 bits per heavy atom. The number of nitrogens with one attached hydrogen (secondary N) is 1. The number of aromatic nitrogens is 2. The summed E-state index contributed by atoms with van der Waals surface area (Å²) in [4.78, 5) is 18.0. The molecule has 6 heteroatoms. The summed E-state index contributed by atoms with van der Waals surface area (Å²) < 4.78 is 7.76. The molecule has 0 radical (unpaired) electrons. The van der Waals surface area contributed by atoms with Crippen LogP contribution >= 0.6 is 11.6 Å². The lowest BCUT2D eigenvalue weighted by molar-refractivity contribution is -0.139. The first-order valence-electron chi connectivity index (χ1n) is 11.0. The monoisotopic (exact) mass is 437 g/mol. The van der Waals surface area contributed by atoms with Crippen molar-refractivity contribution in [3.63, 3.8) is 0 Å². The number of carbonyl (C=O) groups is 1. The maximum Gasteiger partial charge on any atom is 0.338 e. The van der Waals surface area contributed by atoms with E-state index >= 15 is 0 Å².